The molecule has 170 valence electrons. The number of benzene rings is 3. The molecule has 0 fully saturated rings. The Balaban J connectivity index is 1.52. The average Bonchev–Trinajstić information content (AvgIpc) is 3.04. The zero-order valence-electron chi connectivity index (χ0n) is 18.7. The van der Waals surface area contributed by atoms with Gasteiger partial charge in [0.2, 0.25) is 0 Å². The molecule has 0 saturated heterocycles. The molecule has 1 heterocycles. The number of anilines is 1. The summed E-state index contributed by atoms with van der Waals surface area (Å²) in [6.45, 7) is 3.05. The van der Waals surface area contributed by atoms with Crippen molar-refractivity contribution in [2.24, 2.45) is 7.05 Å². The molecule has 33 heavy (non-hydrogen) atoms. The molecule has 0 aliphatic rings. The predicted molar refractivity (Wildman–Crippen MR) is 133 cm³/mol. The van der Waals surface area contributed by atoms with Gasteiger partial charge in [-0.25, -0.2) is 4.39 Å². The second-order valence-corrected chi connectivity index (χ2v) is 8.29. The summed E-state index contributed by atoms with van der Waals surface area (Å²) in [5, 5.41) is 7.37. The van der Waals surface area contributed by atoms with E-state index in [1.54, 1.807) is 29.9 Å². The number of rotatable bonds is 6. The summed E-state index contributed by atoms with van der Waals surface area (Å²) < 4.78 is 22.2. The quantitative estimate of drug-likeness (QED) is 0.416. The van der Waals surface area contributed by atoms with E-state index in [1.165, 1.54) is 18.7 Å². The van der Waals surface area contributed by atoms with Crippen molar-refractivity contribution in [1.29, 1.82) is 0 Å². The second-order valence-electron chi connectivity index (χ2n) is 7.88. The molecule has 0 amide bonds. The number of methoxy groups -OCH3 is 1. The lowest BCUT2D eigenvalue weighted by Crippen LogP contribution is -2.27. The van der Waals surface area contributed by atoms with Crippen LogP contribution in [0.5, 0.6) is 5.75 Å². The van der Waals surface area contributed by atoms with Crippen LogP contribution >= 0.6 is 12.2 Å². The van der Waals surface area contributed by atoms with Crippen LogP contribution in [0.25, 0.3) is 10.9 Å². The van der Waals surface area contributed by atoms with Crippen molar-refractivity contribution in [3.63, 3.8) is 0 Å². The van der Waals surface area contributed by atoms with Gasteiger partial charge in [0.25, 0.3) is 5.56 Å². The SMILES string of the molecule is COc1cc(Cn2c3ccc(NC(=S)NCc4ccc(C)cc4)cc3c(=O)n2C)ccc1F. The first-order valence-corrected chi connectivity index (χ1v) is 10.9. The average molecular weight is 465 g/mol. The van der Waals surface area contributed by atoms with Crippen molar-refractivity contribution in [2.45, 2.75) is 20.0 Å². The number of nitrogens with one attached hydrogen (secondary N) is 2. The molecule has 0 radical (unpaired) electrons. The van der Waals surface area contributed by atoms with E-state index in [2.05, 4.69) is 34.9 Å². The number of ether oxygens (including phenoxy) is 1. The fourth-order valence-corrected chi connectivity index (χ4v) is 3.88. The maximum Gasteiger partial charge on any atom is 0.274 e. The first kappa shape index (κ1) is 22.5. The van der Waals surface area contributed by atoms with E-state index in [-0.39, 0.29) is 11.3 Å². The highest BCUT2D eigenvalue weighted by molar-refractivity contribution is 7.80. The van der Waals surface area contributed by atoms with Crippen LogP contribution in [0.2, 0.25) is 0 Å². The van der Waals surface area contributed by atoms with Crippen LogP contribution in [0.1, 0.15) is 16.7 Å². The Labute approximate surface area is 196 Å². The number of aromatic nitrogens is 2. The summed E-state index contributed by atoms with van der Waals surface area (Å²) in [6, 6.07) is 18.5. The molecule has 4 aromatic rings. The molecular weight excluding hydrogens is 439 g/mol. The minimum absolute atomic E-state index is 0.124. The zero-order chi connectivity index (χ0) is 23.5. The van der Waals surface area contributed by atoms with Gasteiger partial charge in [0.15, 0.2) is 16.7 Å². The molecule has 4 rings (SSSR count). The Bertz CT molecular complexity index is 1380. The summed E-state index contributed by atoms with van der Waals surface area (Å²) in [4.78, 5) is 12.9. The first-order valence-electron chi connectivity index (χ1n) is 10.5. The van der Waals surface area contributed by atoms with Gasteiger partial charge in [-0.05, 0) is 60.6 Å². The van der Waals surface area contributed by atoms with Gasteiger partial charge in [-0.2, -0.15) is 0 Å². The van der Waals surface area contributed by atoms with Crippen molar-refractivity contribution < 1.29 is 9.13 Å². The van der Waals surface area contributed by atoms with E-state index in [0.717, 1.165) is 22.3 Å². The van der Waals surface area contributed by atoms with E-state index >= 15 is 0 Å². The van der Waals surface area contributed by atoms with Crippen LogP contribution in [0.15, 0.2) is 65.5 Å². The minimum atomic E-state index is -0.421. The molecule has 1 aromatic heterocycles. The third-order valence-corrected chi connectivity index (χ3v) is 5.79. The summed E-state index contributed by atoms with van der Waals surface area (Å²) in [6.07, 6.45) is 0. The largest absolute Gasteiger partial charge is 0.494 e. The van der Waals surface area contributed by atoms with E-state index in [1.807, 2.05) is 23.7 Å². The van der Waals surface area contributed by atoms with Gasteiger partial charge in [0, 0.05) is 19.3 Å². The Morgan fingerprint density at radius 1 is 1.06 bits per heavy atom. The molecule has 0 bridgehead atoms. The fraction of sp³-hybridized carbons (Fsp3) is 0.200. The van der Waals surface area contributed by atoms with Crippen LogP contribution in [0.4, 0.5) is 10.1 Å². The van der Waals surface area contributed by atoms with Crippen molar-refractivity contribution in [3.05, 3.63) is 93.5 Å². The number of aryl methyl sites for hydroxylation is 1. The highest BCUT2D eigenvalue weighted by Gasteiger charge is 2.13. The van der Waals surface area contributed by atoms with Crippen molar-refractivity contribution >= 4 is 33.9 Å². The van der Waals surface area contributed by atoms with Gasteiger partial charge in [-0.3, -0.25) is 14.2 Å². The Kier molecular flexibility index (Phi) is 6.46. The van der Waals surface area contributed by atoms with Crippen LogP contribution in [-0.4, -0.2) is 21.6 Å². The van der Waals surface area contributed by atoms with Gasteiger partial charge in [0.1, 0.15) is 0 Å². The maximum atomic E-state index is 13.8. The Morgan fingerprint density at radius 2 is 1.79 bits per heavy atom. The highest BCUT2D eigenvalue weighted by Crippen LogP contribution is 2.22. The van der Waals surface area contributed by atoms with Gasteiger partial charge < -0.3 is 15.4 Å². The molecule has 0 aliphatic heterocycles. The number of nitrogens with zero attached hydrogens (tertiary/aromatic N) is 2. The summed E-state index contributed by atoms with van der Waals surface area (Å²) in [7, 11) is 3.14. The van der Waals surface area contributed by atoms with Gasteiger partial charge in [-0.1, -0.05) is 35.9 Å². The molecule has 0 aliphatic carbocycles. The van der Waals surface area contributed by atoms with Crippen LogP contribution in [0, 0.1) is 12.7 Å². The lowest BCUT2D eigenvalue weighted by atomic mass is 10.1. The summed E-state index contributed by atoms with van der Waals surface area (Å²) in [5.74, 6) is -0.248. The molecule has 0 atom stereocenters. The van der Waals surface area contributed by atoms with E-state index < -0.39 is 5.82 Å². The zero-order valence-corrected chi connectivity index (χ0v) is 19.5. The molecule has 0 saturated carbocycles. The lowest BCUT2D eigenvalue weighted by molar-refractivity contribution is 0.385. The number of hydrogen-bond acceptors (Lipinski definition) is 3. The van der Waals surface area contributed by atoms with Crippen LogP contribution in [0.3, 0.4) is 0 Å². The van der Waals surface area contributed by atoms with E-state index in [0.29, 0.717) is 23.6 Å². The Hall–Kier alpha value is -3.65. The normalized spacial score (nSPS) is 10.9. The van der Waals surface area contributed by atoms with Crippen LogP contribution in [-0.2, 0) is 20.1 Å². The van der Waals surface area contributed by atoms with Gasteiger partial charge in [0.05, 0.1) is 24.6 Å². The van der Waals surface area contributed by atoms with Crippen molar-refractivity contribution in [1.82, 2.24) is 14.7 Å². The van der Waals surface area contributed by atoms with Gasteiger partial charge in [-0.15, -0.1) is 0 Å². The number of thiocarbonyl (C=S) groups is 1. The number of fused-ring (bicyclic) bond motifs is 1. The van der Waals surface area contributed by atoms with Crippen molar-refractivity contribution in [3.8, 4) is 5.75 Å². The molecule has 2 N–H and O–H groups in total. The smallest absolute Gasteiger partial charge is 0.274 e. The lowest BCUT2D eigenvalue weighted by Gasteiger charge is -2.12. The minimum Gasteiger partial charge on any atom is -0.494 e. The topological polar surface area (TPSA) is 60.2 Å². The molecule has 6 nitrogen and oxygen atoms in total. The monoisotopic (exact) mass is 464 g/mol. The molecule has 8 heteroatoms. The third kappa shape index (κ3) is 4.90. The molecule has 0 unspecified atom stereocenters. The fourth-order valence-electron chi connectivity index (χ4n) is 3.69. The maximum absolute atomic E-state index is 13.8. The standard InChI is InChI=1S/C25H25FN4O2S/c1-16-4-6-17(7-5-16)14-27-25(33)28-19-9-11-22-20(13-19)24(31)29(2)30(22)15-18-8-10-21(26)23(12-18)32-3/h4-13H,14-15H2,1-3H3,(H2,27,28,33). The molecule has 0 spiro atoms. The van der Waals surface area contributed by atoms with Crippen LogP contribution < -0.4 is 20.9 Å². The highest BCUT2D eigenvalue weighted by atomic mass is 32.1. The third-order valence-electron chi connectivity index (χ3n) is 5.54. The Morgan fingerprint density at radius 3 is 2.52 bits per heavy atom. The second kappa shape index (κ2) is 9.46. The summed E-state index contributed by atoms with van der Waals surface area (Å²) in [5.41, 5.74) is 4.53. The van der Waals surface area contributed by atoms with E-state index in [9.17, 15) is 9.18 Å². The molecule has 3 aromatic carbocycles. The van der Waals surface area contributed by atoms with Crippen molar-refractivity contribution in [2.75, 3.05) is 12.4 Å². The summed E-state index contributed by atoms with van der Waals surface area (Å²) >= 11 is 5.42. The van der Waals surface area contributed by atoms with E-state index in [4.69, 9.17) is 17.0 Å². The predicted octanol–water partition coefficient (Wildman–Crippen LogP) is 4.33. The number of hydrogen-bond donors (Lipinski definition) is 2. The first-order chi connectivity index (χ1) is 15.9. The number of halogens is 1. The molecular formula is C25H25FN4O2S. The van der Waals surface area contributed by atoms with Gasteiger partial charge >= 0.3 is 0 Å².